The second-order valence-electron chi connectivity index (χ2n) is 6.11. The zero-order chi connectivity index (χ0) is 17.6. The SMILES string of the molecule is O=[N+]([O-])/C=C1\NCC(Cc2ccccc2)CN1Cc1ccc(Cl)nc1. The van der Waals surface area contributed by atoms with E-state index < -0.39 is 4.92 Å². The normalized spacial score (nSPS) is 18.8. The van der Waals surface area contributed by atoms with Crippen LogP contribution in [0.4, 0.5) is 0 Å². The summed E-state index contributed by atoms with van der Waals surface area (Å²) >= 11 is 5.83. The average molecular weight is 359 g/mol. The molecule has 1 aliphatic heterocycles. The minimum Gasteiger partial charge on any atom is -0.366 e. The molecular weight excluding hydrogens is 340 g/mol. The molecule has 0 bridgehead atoms. The van der Waals surface area contributed by atoms with Crippen LogP contribution >= 0.6 is 11.6 Å². The first kappa shape index (κ1) is 17.2. The number of benzene rings is 1. The van der Waals surface area contributed by atoms with Gasteiger partial charge in [0.25, 0.3) is 6.20 Å². The Labute approximate surface area is 151 Å². The van der Waals surface area contributed by atoms with E-state index >= 15 is 0 Å². The molecule has 2 aromatic rings. The molecule has 0 spiro atoms. The number of pyridine rings is 1. The molecule has 25 heavy (non-hydrogen) atoms. The lowest BCUT2D eigenvalue weighted by molar-refractivity contribution is -0.405. The molecule has 1 saturated heterocycles. The molecule has 1 N–H and O–H groups in total. The van der Waals surface area contributed by atoms with Gasteiger partial charge < -0.3 is 10.2 Å². The van der Waals surface area contributed by atoms with Gasteiger partial charge in [-0.1, -0.05) is 48.0 Å². The second kappa shape index (κ2) is 7.98. The molecule has 0 aliphatic carbocycles. The molecule has 1 aromatic carbocycles. The van der Waals surface area contributed by atoms with Gasteiger partial charge in [-0.25, -0.2) is 4.98 Å². The van der Waals surface area contributed by atoms with E-state index in [2.05, 4.69) is 22.4 Å². The van der Waals surface area contributed by atoms with Crippen LogP contribution in [0.15, 0.2) is 60.7 Å². The summed E-state index contributed by atoms with van der Waals surface area (Å²) in [5.74, 6) is 0.899. The predicted octanol–water partition coefficient (Wildman–Crippen LogP) is 3.07. The van der Waals surface area contributed by atoms with Crippen molar-refractivity contribution in [1.29, 1.82) is 0 Å². The zero-order valence-corrected chi connectivity index (χ0v) is 14.4. The Kier molecular flexibility index (Phi) is 5.50. The van der Waals surface area contributed by atoms with Crippen molar-refractivity contribution in [3.8, 4) is 0 Å². The van der Waals surface area contributed by atoms with Gasteiger partial charge in [0.15, 0.2) is 5.82 Å². The van der Waals surface area contributed by atoms with Gasteiger partial charge in [0.05, 0.1) is 4.92 Å². The molecule has 0 amide bonds. The lowest BCUT2D eigenvalue weighted by Crippen LogP contribution is -2.45. The van der Waals surface area contributed by atoms with Gasteiger partial charge in [-0.3, -0.25) is 10.1 Å². The molecule has 0 saturated carbocycles. The summed E-state index contributed by atoms with van der Waals surface area (Å²) in [7, 11) is 0. The van der Waals surface area contributed by atoms with Crippen LogP contribution in [0.2, 0.25) is 5.15 Å². The number of hydrogen-bond donors (Lipinski definition) is 1. The van der Waals surface area contributed by atoms with E-state index in [0.717, 1.165) is 24.7 Å². The number of nitro groups is 1. The lowest BCUT2D eigenvalue weighted by atomic mass is 9.97. The highest BCUT2D eigenvalue weighted by Gasteiger charge is 2.25. The van der Waals surface area contributed by atoms with Crippen LogP contribution < -0.4 is 5.32 Å². The standard InChI is InChI=1S/C18H19ClN4O2/c19-17-7-6-15(9-20-17)11-22-12-16(8-14-4-2-1-3-5-14)10-21-18(22)13-23(24)25/h1-7,9,13,16,21H,8,10-12H2/b18-13+. The van der Waals surface area contributed by atoms with Crippen LogP contribution in [-0.2, 0) is 13.0 Å². The Morgan fingerprint density at radius 2 is 2.08 bits per heavy atom. The fourth-order valence-corrected chi connectivity index (χ4v) is 3.13. The fraction of sp³-hybridized carbons (Fsp3) is 0.278. The first-order valence-electron chi connectivity index (χ1n) is 8.08. The fourth-order valence-electron chi connectivity index (χ4n) is 3.02. The molecule has 1 atom stereocenters. The topological polar surface area (TPSA) is 71.3 Å². The number of nitrogens with one attached hydrogen (secondary N) is 1. The van der Waals surface area contributed by atoms with Gasteiger partial charge in [-0.2, -0.15) is 0 Å². The number of nitrogens with zero attached hydrogens (tertiary/aromatic N) is 3. The third-order valence-electron chi connectivity index (χ3n) is 4.15. The summed E-state index contributed by atoms with van der Waals surface area (Å²) in [6.07, 6.45) is 3.66. The van der Waals surface area contributed by atoms with Crippen molar-refractivity contribution in [2.75, 3.05) is 13.1 Å². The van der Waals surface area contributed by atoms with Crippen molar-refractivity contribution < 1.29 is 4.92 Å². The maximum absolute atomic E-state index is 10.9. The van der Waals surface area contributed by atoms with E-state index in [-0.39, 0.29) is 0 Å². The third-order valence-corrected chi connectivity index (χ3v) is 4.37. The molecule has 6 nitrogen and oxygen atoms in total. The molecule has 1 unspecified atom stereocenters. The van der Waals surface area contributed by atoms with Crippen molar-refractivity contribution in [2.45, 2.75) is 13.0 Å². The quantitative estimate of drug-likeness (QED) is 0.505. The summed E-state index contributed by atoms with van der Waals surface area (Å²) in [6.45, 7) is 2.00. The molecule has 1 aromatic heterocycles. The first-order chi connectivity index (χ1) is 12.1. The van der Waals surface area contributed by atoms with Gasteiger partial charge in [-0.15, -0.1) is 0 Å². The van der Waals surface area contributed by atoms with Crippen molar-refractivity contribution in [2.24, 2.45) is 5.92 Å². The summed E-state index contributed by atoms with van der Waals surface area (Å²) in [4.78, 5) is 16.6. The Balaban J connectivity index is 1.73. The first-order valence-corrected chi connectivity index (χ1v) is 8.46. The van der Waals surface area contributed by atoms with Gasteiger partial charge in [-0.05, 0) is 29.5 Å². The Morgan fingerprint density at radius 1 is 1.28 bits per heavy atom. The van der Waals surface area contributed by atoms with Crippen molar-refractivity contribution >= 4 is 11.6 Å². The highest BCUT2D eigenvalue weighted by atomic mass is 35.5. The van der Waals surface area contributed by atoms with Crippen LogP contribution in [0.3, 0.4) is 0 Å². The number of halogens is 1. The third kappa shape index (κ3) is 4.93. The van der Waals surface area contributed by atoms with Crippen molar-refractivity contribution in [3.05, 3.63) is 87.1 Å². The lowest BCUT2D eigenvalue weighted by Gasteiger charge is -2.36. The number of rotatable bonds is 5. The molecule has 130 valence electrons. The minimum atomic E-state index is -0.424. The Hall–Kier alpha value is -2.60. The minimum absolute atomic E-state index is 0.367. The molecular formula is C18H19ClN4O2. The predicted molar refractivity (Wildman–Crippen MR) is 96.4 cm³/mol. The van der Waals surface area contributed by atoms with Crippen LogP contribution in [0, 0.1) is 16.0 Å². The van der Waals surface area contributed by atoms with Crippen molar-refractivity contribution in [1.82, 2.24) is 15.2 Å². The Bertz CT molecular complexity index is 749. The van der Waals surface area contributed by atoms with Gasteiger partial charge in [0.1, 0.15) is 5.15 Å². The molecule has 1 aliphatic rings. The average Bonchev–Trinajstić information content (AvgIpc) is 2.60. The van der Waals surface area contributed by atoms with Crippen LogP contribution in [-0.4, -0.2) is 27.9 Å². The summed E-state index contributed by atoms with van der Waals surface area (Å²) in [6, 6.07) is 13.9. The van der Waals surface area contributed by atoms with Crippen LogP contribution in [0.25, 0.3) is 0 Å². The second-order valence-corrected chi connectivity index (χ2v) is 6.49. The van der Waals surface area contributed by atoms with E-state index in [1.165, 1.54) is 5.56 Å². The van der Waals surface area contributed by atoms with Gasteiger partial charge >= 0.3 is 0 Å². The summed E-state index contributed by atoms with van der Waals surface area (Å²) in [5, 5.41) is 14.6. The summed E-state index contributed by atoms with van der Waals surface area (Å²) in [5.41, 5.74) is 2.23. The van der Waals surface area contributed by atoms with E-state index in [1.54, 1.807) is 12.3 Å². The Morgan fingerprint density at radius 3 is 2.76 bits per heavy atom. The van der Waals surface area contributed by atoms with E-state index in [4.69, 9.17) is 11.6 Å². The molecule has 7 heteroatoms. The molecule has 1 fully saturated rings. The van der Waals surface area contributed by atoms with E-state index in [9.17, 15) is 10.1 Å². The monoisotopic (exact) mass is 358 g/mol. The van der Waals surface area contributed by atoms with E-state index in [0.29, 0.717) is 30.0 Å². The van der Waals surface area contributed by atoms with Gasteiger partial charge in [0, 0.05) is 25.8 Å². The smallest absolute Gasteiger partial charge is 0.274 e. The largest absolute Gasteiger partial charge is 0.366 e. The highest BCUT2D eigenvalue weighted by molar-refractivity contribution is 6.29. The maximum Gasteiger partial charge on any atom is 0.274 e. The molecule has 2 heterocycles. The highest BCUT2D eigenvalue weighted by Crippen LogP contribution is 2.20. The van der Waals surface area contributed by atoms with Crippen LogP contribution in [0.5, 0.6) is 0 Å². The van der Waals surface area contributed by atoms with Crippen LogP contribution in [0.1, 0.15) is 11.1 Å². The maximum atomic E-state index is 10.9. The molecule has 3 rings (SSSR count). The summed E-state index contributed by atoms with van der Waals surface area (Å²) < 4.78 is 0. The zero-order valence-electron chi connectivity index (χ0n) is 13.6. The van der Waals surface area contributed by atoms with E-state index in [1.807, 2.05) is 29.2 Å². The van der Waals surface area contributed by atoms with Gasteiger partial charge in [0.2, 0.25) is 0 Å². The number of aromatic nitrogens is 1. The molecule has 0 radical (unpaired) electrons. The number of hydrogen-bond acceptors (Lipinski definition) is 5. The van der Waals surface area contributed by atoms with Crippen molar-refractivity contribution in [3.63, 3.8) is 0 Å².